The summed E-state index contributed by atoms with van der Waals surface area (Å²) in [7, 11) is -0.996. The molecule has 1 aliphatic rings. The molecule has 0 spiro atoms. The molecular formula is C25H36O4Si. The second-order valence-corrected chi connectivity index (χ2v) is 14.2. The van der Waals surface area contributed by atoms with E-state index in [0.29, 0.717) is 13.0 Å². The highest BCUT2D eigenvalue weighted by molar-refractivity contribution is 6.99. The van der Waals surface area contributed by atoms with Crippen LogP contribution in [-0.4, -0.2) is 45.6 Å². The van der Waals surface area contributed by atoms with Crippen LogP contribution in [0.3, 0.4) is 0 Å². The number of hydrogen-bond acceptors (Lipinski definition) is 4. The number of ether oxygens (including phenoxy) is 2. The summed E-state index contributed by atoms with van der Waals surface area (Å²) in [4.78, 5) is 0. The van der Waals surface area contributed by atoms with Crippen molar-refractivity contribution in [3.63, 3.8) is 0 Å². The Balaban J connectivity index is 1.96. The molecule has 3 rings (SSSR count). The molecule has 0 bridgehead atoms. The van der Waals surface area contributed by atoms with Gasteiger partial charge in [-0.25, -0.2) is 0 Å². The van der Waals surface area contributed by atoms with Crippen LogP contribution in [-0.2, 0) is 13.9 Å². The van der Waals surface area contributed by atoms with E-state index < -0.39 is 26.1 Å². The summed E-state index contributed by atoms with van der Waals surface area (Å²) >= 11 is 0. The third kappa shape index (κ3) is 4.27. The lowest BCUT2D eigenvalue weighted by molar-refractivity contribution is -0.272. The molecule has 1 saturated heterocycles. The molecule has 5 heteroatoms. The Labute approximate surface area is 182 Å². The first-order valence-corrected chi connectivity index (χ1v) is 12.6. The number of benzene rings is 2. The van der Waals surface area contributed by atoms with Crippen LogP contribution < -0.4 is 10.4 Å². The molecule has 0 aliphatic carbocycles. The van der Waals surface area contributed by atoms with Crippen LogP contribution in [0.1, 0.15) is 41.0 Å². The van der Waals surface area contributed by atoms with E-state index in [1.54, 1.807) is 7.11 Å². The lowest BCUT2D eigenvalue weighted by Gasteiger charge is -2.47. The Morgan fingerprint density at radius 3 is 1.93 bits per heavy atom. The fraction of sp³-hybridized carbons (Fsp3) is 0.520. The lowest BCUT2D eigenvalue weighted by Crippen LogP contribution is -2.67. The van der Waals surface area contributed by atoms with Crippen LogP contribution in [0.5, 0.6) is 0 Å². The van der Waals surface area contributed by atoms with Gasteiger partial charge in [0.15, 0.2) is 6.29 Å². The van der Waals surface area contributed by atoms with Gasteiger partial charge in [0.25, 0.3) is 8.32 Å². The molecule has 0 unspecified atom stereocenters. The molecule has 1 fully saturated rings. The van der Waals surface area contributed by atoms with Gasteiger partial charge in [-0.2, -0.15) is 0 Å². The Bertz CT molecular complexity index is 761. The van der Waals surface area contributed by atoms with E-state index in [-0.39, 0.29) is 11.1 Å². The van der Waals surface area contributed by atoms with E-state index >= 15 is 0 Å². The number of aliphatic hydroxyl groups is 1. The van der Waals surface area contributed by atoms with Crippen LogP contribution in [0, 0.1) is 5.41 Å². The molecule has 2 aromatic carbocycles. The monoisotopic (exact) mass is 428 g/mol. The summed E-state index contributed by atoms with van der Waals surface area (Å²) in [5.74, 6) is 0. The zero-order chi connectivity index (χ0) is 22.0. The molecule has 0 aromatic heterocycles. The van der Waals surface area contributed by atoms with Gasteiger partial charge in [0.05, 0.1) is 18.8 Å². The topological polar surface area (TPSA) is 47.9 Å². The molecule has 2 aromatic rings. The predicted octanol–water partition coefficient (Wildman–Crippen LogP) is 3.71. The molecule has 0 amide bonds. The van der Waals surface area contributed by atoms with E-state index in [9.17, 15) is 5.11 Å². The largest absolute Gasteiger partial charge is 0.405 e. The minimum atomic E-state index is -2.63. The summed E-state index contributed by atoms with van der Waals surface area (Å²) in [6, 6.07) is 21.1. The third-order valence-electron chi connectivity index (χ3n) is 6.39. The minimum absolute atomic E-state index is 0.0943. The van der Waals surface area contributed by atoms with Crippen LogP contribution in [0.25, 0.3) is 0 Å². The van der Waals surface area contributed by atoms with Gasteiger partial charge in [-0.05, 0) is 15.4 Å². The lowest BCUT2D eigenvalue weighted by atomic mass is 9.80. The SMILES string of the molecule is CO[C@H]1O[C@H](CO[Si](c2ccccc2)(c2ccccc2)C(C)(C)C)C[C@@H](O)C1(C)C. The number of hydrogen-bond donors (Lipinski definition) is 1. The second kappa shape index (κ2) is 8.93. The predicted molar refractivity (Wildman–Crippen MR) is 124 cm³/mol. The Hall–Kier alpha value is -1.50. The highest BCUT2D eigenvalue weighted by atomic mass is 28.4. The molecule has 30 heavy (non-hydrogen) atoms. The van der Waals surface area contributed by atoms with Gasteiger partial charge in [0, 0.05) is 18.9 Å². The van der Waals surface area contributed by atoms with E-state index in [1.165, 1.54) is 10.4 Å². The fourth-order valence-electron chi connectivity index (χ4n) is 4.56. The standard InChI is InChI=1S/C25H36O4Si/c1-24(2,3)30(20-13-9-7-10-14-20,21-15-11-8-12-16-21)28-18-19-17-22(26)25(4,5)23(27-6)29-19/h7-16,19,22-23,26H,17-18H2,1-6H3/t19-,22+,23-/m0/s1. The summed E-state index contributed by atoms with van der Waals surface area (Å²) in [6.45, 7) is 11.2. The summed E-state index contributed by atoms with van der Waals surface area (Å²) in [6.07, 6.45) is -0.664. The maximum atomic E-state index is 10.7. The fourth-order valence-corrected chi connectivity index (χ4v) is 9.15. The molecule has 4 nitrogen and oxygen atoms in total. The number of rotatable bonds is 6. The molecule has 0 radical (unpaired) electrons. The van der Waals surface area contributed by atoms with Gasteiger partial charge < -0.3 is 19.0 Å². The minimum Gasteiger partial charge on any atom is -0.405 e. The van der Waals surface area contributed by atoms with E-state index in [0.717, 1.165) is 0 Å². The second-order valence-electron chi connectivity index (χ2n) is 9.87. The van der Waals surface area contributed by atoms with Crippen LogP contribution in [0.4, 0.5) is 0 Å². The number of aliphatic hydroxyl groups excluding tert-OH is 1. The molecule has 1 aliphatic heterocycles. The van der Waals surface area contributed by atoms with Gasteiger partial charge in [0.2, 0.25) is 0 Å². The number of methoxy groups -OCH3 is 1. The van der Waals surface area contributed by atoms with Crippen molar-refractivity contribution in [1.29, 1.82) is 0 Å². The smallest absolute Gasteiger partial charge is 0.261 e. The van der Waals surface area contributed by atoms with Gasteiger partial charge >= 0.3 is 0 Å². The first kappa shape index (κ1) is 23.2. The average Bonchev–Trinajstić information content (AvgIpc) is 2.71. The molecule has 3 atom stereocenters. The van der Waals surface area contributed by atoms with Crippen molar-refractivity contribution in [2.45, 2.75) is 64.6 Å². The maximum Gasteiger partial charge on any atom is 0.261 e. The zero-order valence-corrected chi connectivity index (χ0v) is 20.1. The molecule has 0 saturated carbocycles. The Morgan fingerprint density at radius 1 is 1.00 bits per heavy atom. The van der Waals surface area contributed by atoms with E-state index in [2.05, 4.69) is 69.3 Å². The summed E-state index contributed by atoms with van der Waals surface area (Å²) in [5, 5.41) is 13.1. The van der Waals surface area contributed by atoms with Crippen LogP contribution in [0.15, 0.2) is 60.7 Å². The van der Waals surface area contributed by atoms with E-state index in [1.807, 2.05) is 26.0 Å². The Kier molecular flexibility index (Phi) is 6.90. The molecular weight excluding hydrogens is 392 g/mol. The normalized spacial score (nSPS) is 24.6. The van der Waals surface area contributed by atoms with Crippen molar-refractivity contribution >= 4 is 18.7 Å². The van der Waals surface area contributed by atoms with Gasteiger partial charge in [-0.3, -0.25) is 0 Å². The average molecular weight is 429 g/mol. The summed E-state index contributed by atoms with van der Waals surface area (Å²) in [5.41, 5.74) is -0.456. The highest BCUT2D eigenvalue weighted by Gasteiger charge is 2.51. The molecule has 164 valence electrons. The van der Waals surface area contributed by atoms with Crippen molar-refractivity contribution in [2.75, 3.05) is 13.7 Å². The first-order chi connectivity index (χ1) is 14.1. The van der Waals surface area contributed by atoms with Gasteiger partial charge in [-0.15, -0.1) is 0 Å². The van der Waals surface area contributed by atoms with Crippen molar-refractivity contribution in [3.8, 4) is 0 Å². The summed E-state index contributed by atoms with van der Waals surface area (Å²) < 4.78 is 18.7. The quantitative estimate of drug-likeness (QED) is 0.713. The van der Waals surface area contributed by atoms with Crippen molar-refractivity contribution in [1.82, 2.24) is 0 Å². The van der Waals surface area contributed by atoms with Crippen LogP contribution >= 0.6 is 0 Å². The highest BCUT2D eigenvalue weighted by Crippen LogP contribution is 2.39. The van der Waals surface area contributed by atoms with Crippen LogP contribution in [0.2, 0.25) is 5.04 Å². The maximum absolute atomic E-state index is 10.7. The van der Waals surface area contributed by atoms with Crippen molar-refractivity contribution in [2.24, 2.45) is 5.41 Å². The van der Waals surface area contributed by atoms with Gasteiger partial charge in [0.1, 0.15) is 0 Å². The van der Waals surface area contributed by atoms with Gasteiger partial charge in [-0.1, -0.05) is 95.3 Å². The first-order valence-electron chi connectivity index (χ1n) is 10.7. The van der Waals surface area contributed by atoms with Crippen molar-refractivity contribution < 1.29 is 19.0 Å². The Morgan fingerprint density at radius 2 is 1.50 bits per heavy atom. The zero-order valence-electron chi connectivity index (χ0n) is 19.1. The molecule has 1 N–H and O–H groups in total. The molecule has 1 heterocycles. The third-order valence-corrected chi connectivity index (χ3v) is 11.4. The van der Waals surface area contributed by atoms with E-state index in [4.69, 9.17) is 13.9 Å². The van der Waals surface area contributed by atoms with Crippen molar-refractivity contribution in [3.05, 3.63) is 60.7 Å².